The van der Waals surface area contributed by atoms with Crippen molar-refractivity contribution in [1.29, 1.82) is 0 Å². The fraction of sp³-hybridized carbons (Fsp3) is 0.500. The Morgan fingerprint density at radius 2 is 2.37 bits per heavy atom. The fourth-order valence-electron chi connectivity index (χ4n) is 2.04. The molecular formula is C12H15BrN2O4. The molecule has 2 N–H and O–H groups in total. The van der Waals surface area contributed by atoms with E-state index in [1.807, 2.05) is 0 Å². The summed E-state index contributed by atoms with van der Waals surface area (Å²) in [5.74, 6) is 0. The van der Waals surface area contributed by atoms with E-state index in [2.05, 4.69) is 21.2 Å². The smallest absolute Gasteiger partial charge is 0.273 e. The Bertz CT molecular complexity index is 475. The summed E-state index contributed by atoms with van der Waals surface area (Å²) in [6.07, 6.45) is 0.584. The van der Waals surface area contributed by atoms with Crippen LogP contribution in [0.1, 0.15) is 12.0 Å². The van der Waals surface area contributed by atoms with Gasteiger partial charge in [-0.05, 0) is 12.1 Å². The first kappa shape index (κ1) is 14.4. The van der Waals surface area contributed by atoms with Gasteiger partial charge in [0.25, 0.3) is 5.69 Å². The highest BCUT2D eigenvalue weighted by Gasteiger charge is 2.31. The number of nitrogens with zero attached hydrogens (tertiary/aromatic N) is 1. The van der Waals surface area contributed by atoms with Crippen LogP contribution < -0.4 is 5.32 Å². The largest absolute Gasteiger partial charge is 0.386 e. The van der Waals surface area contributed by atoms with E-state index in [9.17, 15) is 15.2 Å². The molecule has 1 aliphatic rings. The second-order valence-electron chi connectivity index (χ2n) is 4.66. The Morgan fingerprint density at radius 1 is 1.58 bits per heavy atom. The molecular weight excluding hydrogens is 316 g/mol. The van der Waals surface area contributed by atoms with Crippen LogP contribution in [0.4, 0.5) is 5.69 Å². The molecule has 1 saturated heterocycles. The number of nitro groups is 1. The molecule has 1 unspecified atom stereocenters. The normalized spacial score (nSPS) is 22.6. The molecule has 7 heteroatoms. The van der Waals surface area contributed by atoms with E-state index in [-0.39, 0.29) is 5.69 Å². The zero-order valence-electron chi connectivity index (χ0n) is 10.3. The SMILES string of the molecule is O=[N+]([O-])c1ccc(Br)cc1CNCC1(O)CCOC1. The lowest BCUT2D eigenvalue weighted by Gasteiger charge is -2.20. The molecule has 104 valence electrons. The van der Waals surface area contributed by atoms with Crippen LogP contribution in [0.3, 0.4) is 0 Å². The first-order valence-electron chi connectivity index (χ1n) is 5.94. The molecule has 0 amide bonds. The molecule has 1 fully saturated rings. The molecule has 1 heterocycles. The van der Waals surface area contributed by atoms with Crippen LogP contribution in [0, 0.1) is 10.1 Å². The van der Waals surface area contributed by atoms with Gasteiger partial charge in [-0.3, -0.25) is 10.1 Å². The number of ether oxygens (including phenoxy) is 1. The summed E-state index contributed by atoms with van der Waals surface area (Å²) in [7, 11) is 0. The Balaban J connectivity index is 1.98. The Kier molecular flexibility index (Phi) is 4.51. The Hall–Kier alpha value is -1.02. The molecule has 6 nitrogen and oxygen atoms in total. The van der Waals surface area contributed by atoms with Gasteiger partial charge in [-0.25, -0.2) is 0 Å². The van der Waals surface area contributed by atoms with Crippen LogP contribution in [0.25, 0.3) is 0 Å². The van der Waals surface area contributed by atoms with Gasteiger partial charge in [0.15, 0.2) is 0 Å². The number of aliphatic hydroxyl groups is 1. The quantitative estimate of drug-likeness (QED) is 0.632. The third-order valence-electron chi connectivity index (χ3n) is 3.09. The molecule has 0 spiro atoms. The number of nitro benzene ring substituents is 1. The van der Waals surface area contributed by atoms with Crippen molar-refractivity contribution in [2.45, 2.75) is 18.6 Å². The summed E-state index contributed by atoms with van der Waals surface area (Å²) in [6.45, 7) is 1.55. The minimum Gasteiger partial charge on any atom is -0.386 e. The number of rotatable bonds is 5. The molecule has 1 aliphatic heterocycles. The van der Waals surface area contributed by atoms with E-state index < -0.39 is 10.5 Å². The average molecular weight is 331 g/mol. The second kappa shape index (κ2) is 5.96. The molecule has 1 aromatic rings. The van der Waals surface area contributed by atoms with E-state index in [1.54, 1.807) is 12.1 Å². The van der Waals surface area contributed by atoms with E-state index >= 15 is 0 Å². The maximum atomic E-state index is 10.9. The fourth-order valence-corrected chi connectivity index (χ4v) is 2.45. The molecule has 19 heavy (non-hydrogen) atoms. The van der Waals surface area contributed by atoms with Crippen LogP contribution in [0.15, 0.2) is 22.7 Å². The first-order chi connectivity index (χ1) is 9.00. The van der Waals surface area contributed by atoms with Crippen LogP contribution >= 0.6 is 15.9 Å². The lowest BCUT2D eigenvalue weighted by molar-refractivity contribution is -0.385. The lowest BCUT2D eigenvalue weighted by Crippen LogP contribution is -2.40. The van der Waals surface area contributed by atoms with Crippen molar-refractivity contribution in [3.63, 3.8) is 0 Å². The van der Waals surface area contributed by atoms with E-state index in [1.165, 1.54) is 6.07 Å². The summed E-state index contributed by atoms with van der Waals surface area (Å²) >= 11 is 3.29. The van der Waals surface area contributed by atoms with Crippen molar-refractivity contribution in [2.24, 2.45) is 0 Å². The average Bonchev–Trinajstić information content (AvgIpc) is 2.76. The minimum atomic E-state index is -0.860. The van der Waals surface area contributed by atoms with Crippen molar-refractivity contribution in [3.8, 4) is 0 Å². The number of halogens is 1. The zero-order chi connectivity index (χ0) is 13.9. The van der Waals surface area contributed by atoms with E-state index in [4.69, 9.17) is 4.74 Å². The molecule has 0 aliphatic carbocycles. The van der Waals surface area contributed by atoms with Gasteiger partial charge in [0.05, 0.1) is 11.5 Å². The summed E-state index contributed by atoms with van der Waals surface area (Å²) in [5, 5.41) is 24.0. The predicted molar refractivity (Wildman–Crippen MR) is 72.9 cm³/mol. The van der Waals surface area contributed by atoms with Gasteiger partial charge < -0.3 is 15.2 Å². The summed E-state index contributed by atoms with van der Waals surface area (Å²) in [4.78, 5) is 10.5. The van der Waals surface area contributed by atoms with Crippen LogP contribution in [0.2, 0.25) is 0 Å². The minimum absolute atomic E-state index is 0.0744. The highest BCUT2D eigenvalue weighted by atomic mass is 79.9. The molecule has 2 rings (SSSR count). The first-order valence-corrected chi connectivity index (χ1v) is 6.73. The van der Waals surface area contributed by atoms with Gasteiger partial charge in [0.1, 0.15) is 5.60 Å². The number of hydrogen-bond acceptors (Lipinski definition) is 5. The topological polar surface area (TPSA) is 84.6 Å². The molecule has 0 bridgehead atoms. The van der Waals surface area contributed by atoms with Crippen LogP contribution in [-0.4, -0.2) is 35.4 Å². The predicted octanol–water partition coefficient (Wildman–Crippen LogP) is 1.60. The van der Waals surface area contributed by atoms with Gasteiger partial charge in [-0.15, -0.1) is 0 Å². The van der Waals surface area contributed by atoms with Crippen molar-refractivity contribution in [2.75, 3.05) is 19.8 Å². The van der Waals surface area contributed by atoms with Gasteiger partial charge in [0, 0.05) is 42.2 Å². The summed E-state index contributed by atoms with van der Waals surface area (Å²) in [6, 6.07) is 4.81. The number of benzene rings is 1. The van der Waals surface area contributed by atoms with Gasteiger partial charge in [-0.2, -0.15) is 0 Å². The number of hydrogen-bond donors (Lipinski definition) is 2. The Morgan fingerprint density at radius 3 is 3.00 bits per heavy atom. The second-order valence-corrected chi connectivity index (χ2v) is 5.58. The van der Waals surface area contributed by atoms with E-state index in [0.29, 0.717) is 38.3 Å². The van der Waals surface area contributed by atoms with Crippen molar-refractivity contribution in [1.82, 2.24) is 5.32 Å². The summed E-state index contributed by atoms with van der Waals surface area (Å²) in [5.41, 5.74) is -0.201. The van der Waals surface area contributed by atoms with Crippen LogP contribution in [-0.2, 0) is 11.3 Å². The molecule has 0 radical (unpaired) electrons. The zero-order valence-corrected chi connectivity index (χ0v) is 11.9. The van der Waals surface area contributed by atoms with Crippen molar-refractivity contribution < 1.29 is 14.8 Å². The van der Waals surface area contributed by atoms with Crippen LogP contribution in [0.5, 0.6) is 0 Å². The van der Waals surface area contributed by atoms with Gasteiger partial charge >= 0.3 is 0 Å². The molecule has 1 aromatic carbocycles. The highest BCUT2D eigenvalue weighted by molar-refractivity contribution is 9.10. The Labute approximate surface area is 119 Å². The highest BCUT2D eigenvalue weighted by Crippen LogP contribution is 2.23. The lowest BCUT2D eigenvalue weighted by atomic mass is 10.0. The summed E-state index contributed by atoms with van der Waals surface area (Å²) < 4.78 is 5.93. The van der Waals surface area contributed by atoms with Gasteiger partial charge in [-0.1, -0.05) is 15.9 Å². The third kappa shape index (κ3) is 3.73. The maximum Gasteiger partial charge on any atom is 0.273 e. The molecule has 1 atom stereocenters. The van der Waals surface area contributed by atoms with Gasteiger partial charge in [0.2, 0.25) is 0 Å². The maximum absolute atomic E-state index is 10.9. The van der Waals surface area contributed by atoms with E-state index in [0.717, 1.165) is 4.47 Å². The molecule has 0 aromatic heterocycles. The van der Waals surface area contributed by atoms with Crippen molar-refractivity contribution in [3.05, 3.63) is 38.3 Å². The standard InChI is InChI=1S/C12H15BrN2O4/c13-10-1-2-11(15(17)18)9(5-10)6-14-7-12(16)3-4-19-8-12/h1-2,5,14,16H,3-4,6-8H2. The monoisotopic (exact) mass is 330 g/mol. The van der Waals surface area contributed by atoms with Crippen molar-refractivity contribution >= 4 is 21.6 Å². The molecule has 0 saturated carbocycles. The third-order valence-corrected chi connectivity index (χ3v) is 3.58. The number of nitrogens with one attached hydrogen (secondary N) is 1.